The number of aromatic nitrogens is 1. The molecule has 6 heteroatoms. The van der Waals surface area contributed by atoms with Gasteiger partial charge in [-0.1, -0.05) is 23.1 Å². The van der Waals surface area contributed by atoms with Gasteiger partial charge in [0.2, 0.25) is 0 Å². The van der Waals surface area contributed by atoms with E-state index in [0.717, 1.165) is 11.3 Å². The molecular formula is C12H16B5N. The quantitative estimate of drug-likeness (QED) is 0.444. The van der Waals surface area contributed by atoms with E-state index in [-0.39, 0.29) is 0 Å². The number of hydrogen-bond acceptors (Lipinski definition) is 1. The maximum atomic E-state index is 4.72. The van der Waals surface area contributed by atoms with Gasteiger partial charge in [0.25, 0.3) is 0 Å². The number of benzene rings is 1. The Hall–Kier alpha value is -1.31. The van der Waals surface area contributed by atoms with Gasteiger partial charge in [-0.15, -0.1) is 10.9 Å². The first-order chi connectivity index (χ1) is 8.41. The highest BCUT2D eigenvalue weighted by molar-refractivity contribution is 6.63. The molecule has 84 valence electrons. The molecule has 0 saturated heterocycles. The predicted octanol–water partition coefficient (Wildman–Crippen LogP) is -5.65. The number of aryl methyl sites for hydroxylation is 1. The fourth-order valence-electron chi connectivity index (χ4n) is 2.26. The summed E-state index contributed by atoms with van der Waals surface area (Å²) in [5, 5.41) is 0. The lowest BCUT2D eigenvalue weighted by atomic mass is 9.65. The third-order valence-corrected chi connectivity index (χ3v) is 4.11. The lowest BCUT2D eigenvalue weighted by molar-refractivity contribution is 1.33. The maximum Gasteiger partial charge on any atom is 0.164 e. The standard InChI is InChI=1S/C12H16B5N/c1-5-2-3-8(18-12(5)17)6-4-7(13)10(15)11(16)9(6)14/h2-4H,13-17H2,1H3. The Morgan fingerprint density at radius 3 is 2.17 bits per heavy atom. The fourth-order valence-corrected chi connectivity index (χ4v) is 2.26. The minimum Gasteiger partial charge on any atom is -0.263 e. The van der Waals surface area contributed by atoms with E-state index in [1.54, 1.807) is 0 Å². The lowest BCUT2D eigenvalue weighted by Gasteiger charge is -2.15. The van der Waals surface area contributed by atoms with Crippen molar-refractivity contribution in [1.82, 2.24) is 4.98 Å². The smallest absolute Gasteiger partial charge is 0.164 e. The van der Waals surface area contributed by atoms with E-state index in [1.165, 1.54) is 33.0 Å². The molecule has 2 rings (SSSR count). The highest BCUT2D eigenvalue weighted by Gasteiger charge is 2.09. The topological polar surface area (TPSA) is 12.9 Å². The van der Waals surface area contributed by atoms with Crippen LogP contribution in [0.15, 0.2) is 18.2 Å². The van der Waals surface area contributed by atoms with Gasteiger partial charge in [0.05, 0.1) is 5.69 Å². The van der Waals surface area contributed by atoms with Crippen molar-refractivity contribution in [3.8, 4) is 11.3 Å². The van der Waals surface area contributed by atoms with E-state index in [9.17, 15) is 0 Å². The molecule has 0 saturated carbocycles. The molecule has 0 aliphatic carbocycles. The number of pyridine rings is 1. The average Bonchev–Trinajstić information content (AvgIpc) is 2.35. The molecule has 0 spiro atoms. The number of hydrogen-bond donors (Lipinski definition) is 0. The van der Waals surface area contributed by atoms with Gasteiger partial charge in [-0.25, -0.2) is 0 Å². The van der Waals surface area contributed by atoms with Crippen molar-refractivity contribution in [2.75, 3.05) is 0 Å². The van der Waals surface area contributed by atoms with Crippen molar-refractivity contribution in [3.05, 3.63) is 23.8 Å². The summed E-state index contributed by atoms with van der Waals surface area (Å²) < 4.78 is 0. The zero-order chi connectivity index (χ0) is 13.4. The summed E-state index contributed by atoms with van der Waals surface area (Å²) in [6.45, 7) is 2.10. The van der Waals surface area contributed by atoms with Crippen LogP contribution >= 0.6 is 0 Å². The van der Waals surface area contributed by atoms with Crippen LogP contribution in [0.4, 0.5) is 0 Å². The van der Waals surface area contributed by atoms with Crippen molar-refractivity contribution >= 4 is 66.7 Å². The minimum absolute atomic E-state index is 1.08. The van der Waals surface area contributed by atoms with Gasteiger partial charge in [-0.2, -0.15) is 0 Å². The van der Waals surface area contributed by atoms with Gasteiger partial charge in [-0.3, -0.25) is 4.98 Å². The van der Waals surface area contributed by atoms with Crippen LogP contribution in [0.1, 0.15) is 5.56 Å². The first kappa shape index (κ1) is 13.1. The van der Waals surface area contributed by atoms with Crippen molar-refractivity contribution in [3.63, 3.8) is 0 Å². The van der Waals surface area contributed by atoms with Crippen LogP contribution in [0.5, 0.6) is 0 Å². The van der Waals surface area contributed by atoms with Gasteiger partial charge in [0, 0.05) is 0 Å². The summed E-state index contributed by atoms with van der Waals surface area (Å²) >= 11 is 0. The molecule has 0 atom stereocenters. The van der Waals surface area contributed by atoms with E-state index in [0.29, 0.717) is 0 Å². The Morgan fingerprint density at radius 1 is 0.889 bits per heavy atom. The average molecular weight is 228 g/mol. The Balaban J connectivity index is 2.67. The van der Waals surface area contributed by atoms with E-state index in [1.807, 2.05) is 0 Å². The van der Waals surface area contributed by atoms with Gasteiger partial charge < -0.3 is 0 Å². The van der Waals surface area contributed by atoms with Crippen LogP contribution in [-0.2, 0) is 0 Å². The Kier molecular flexibility index (Phi) is 3.47. The first-order valence-electron chi connectivity index (χ1n) is 6.44. The molecule has 0 amide bonds. The van der Waals surface area contributed by atoms with Crippen LogP contribution in [-0.4, -0.2) is 44.2 Å². The summed E-state index contributed by atoms with van der Waals surface area (Å²) in [5.74, 6) is 0. The molecule has 0 aliphatic rings. The third-order valence-electron chi connectivity index (χ3n) is 4.11. The summed E-state index contributed by atoms with van der Waals surface area (Å²) in [6, 6.07) is 6.54. The molecule has 1 aromatic carbocycles. The summed E-state index contributed by atoms with van der Waals surface area (Å²) in [6.07, 6.45) is 0. The van der Waals surface area contributed by atoms with Crippen LogP contribution in [0.25, 0.3) is 11.3 Å². The van der Waals surface area contributed by atoms with E-state index in [2.05, 4.69) is 64.4 Å². The van der Waals surface area contributed by atoms with Crippen molar-refractivity contribution < 1.29 is 0 Å². The Morgan fingerprint density at radius 2 is 1.56 bits per heavy atom. The molecule has 2 aromatic rings. The van der Waals surface area contributed by atoms with Crippen LogP contribution in [0.3, 0.4) is 0 Å². The molecule has 0 unspecified atom stereocenters. The van der Waals surface area contributed by atoms with Crippen molar-refractivity contribution in [2.45, 2.75) is 6.92 Å². The van der Waals surface area contributed by atoms with Crippen LogP contribution < -0.4 is 27.4 Å². The number of rotatable bonds is 1. The fraction of sp³-hybridized carbons (Fsp3) is 0.0833. The predicted molar refractivity (Wildman–Crippen MR) is 95.3 cm³/mol. The van der Waals surface area contributed by atoms with Crippen molar-refractivity contribution in [1.29, 1.82) is 0 Å². The molecule has 0 radical (unpaired) electrons. The van der Waals surface area contributed by atoms with Gasteiger partial charge in [0.1, 0.15) is 31.4 Å². The zero-order valence-corrected chi connectivity index (χ0v) is 12.2. The second-order valence-electron chi connectivity index (χ2n) is 5.21. The molecular weight excluding hydrogens is 212 g/mol. The van der Waals surface area contributed by atoms with Gasteiger partial charge in [0.15, 0.2) is 7.85 Å². The molecule has 18 heavy (non-hydrogen) atoms. The van der Waals surface area contributed by atoms with E-state index >= 15 is 0 Å². The SMILES string of the molecule is Bc1cc(-c2ccc(C)c(B)n2)c(B)c(B)c1B. The highest BCUT2D eigenvalue weighted by atomic mass is 14.7. The summed E-state index contributed by atoms with van der Waals surface area (Å²) in [4.78, 5) is 4.72. The zero-order valence-electron chi connectivity index (χ0n) is 12.2. The van der Waals surface area contributed by atoms with Crippen LogP contribution in [0, 0.1) is 6.92 Å². The second-order valence-corrected chi connectivity index (χ2v) is 5.21. The van der Waals surface area contributed by atoms with Crippen LogP contribution in [0.2, 0.25) is 0 Å². The minimum atomic E-state index is 1.08. The second kappa shape index (κ2) is 4.76. The maximum absolute atomic E-state index is 4.72. The first-order valence-corrected chi connectivity index (χ1v) is 6.44. The van der Waals surface area contributed by atoms with E-state index < -0.39 is 0 Å². The summed E-state index contributed by atoms with van der Waals surface area (Å²) in [5.41, 5.74) is 10.2. The largest absolute Gasteiger partial charge is 0.263 e. The summed E-state index contributed by atoms with van der Waals surface area (Å²) in [7, 11) is 10.8. The highest BCUT2D eigenvalue weighted by Crippen LogP contribution is 2.11. The van der Waals surface area contributed by atoms with Gasteiger partial charge in [-0.05, 0) is 29.7 Å². The molecule has 0 bridgehead atoms. The molecule has 1 heterocycles. The molecule has 0 aliphatic heterocycles. The normalized spacial score (nSPS) is 10.5. The molecule has 0 N–H and O–H groups in total. The van der Waals surface area contributed by atoms with Gasteiger partial charge >= 0.3 is 0 Å². The molecule has 1 aromatic heterocycles. The number of nitrogens with zero attached hydrogens (tertiary/aromatic N) is 1. The molecule has 1 nitrogen and oxygen atoms in total. The third kappa shape index (κ3) is 2.16. The van der Waals surface area contributed by atoms with E-state index in [4.69, 9.17) is 4.98 Å². The molecule has 0 fully saturated rings. The lowest BCUT2D eigenvalue weighted by Crippen LogP contribution is -2.48. The van der Waals surface area contributed by atoms with Crippen molar-refractivity contribution in [2.24, 2.45) is 0 Å². The Labute approximate surface area is 114 Å². The Bertz CT molecular complexity index is 624. The monoisotopic (exact) mass is 229 g/mol.